The molecule has 0 aromatic rings. The molecule has 0 aliphatic carbocycles. The van der Waals surface area contributed by atoms with Crippen molar-refractivity contribution in [2.45, 2.75) is 54.9 Å². The maximum Gasteiger partial charge on any atom is -0.0189 e. The molecule has 0 fully saturated rings. The zero-order chi connectivity index (χ0) is 13.2. The minimum absolute atomic E-state index is 0.399. The molecule has 0 amide bonds. The first-order valence-electron chi connectivity index (χ1n) is 6.36. The van der Waals surface area contributed by atoms with Gasteiger partial charge in [-0.05, 0) is 30.3 Å². The fraction of sp³-hybridized carbons (Fsp3) is 0.625. The molecule has 0 aromatic carbocycles. The molecule has 0 saturated carbocycles. The summed E-state index contributed by atoms with van der Waals surface area (Å²) in [6, 6.07) is 0. The van der Waals surface area contributed by atoms with E-state index in [2.05, 4.69) is 53.3 Å². The van der Waals surface area contributed by atoms with Gasteiger partial charge in [0.2, 0.25) is 0 Å². The predicted molar refractivity (Wildman–Crippen MR) is 77.7 cm³/mol. The molecule has 0 N–H and O–H groups in total. The Bertz CT molecular complexity index is 223. The smallest absolute Gasteiger partial charge is 0.0189 e. The van der Waals surface area contributed by atoms with Gasteiger partial charge in [0.25, 0.3) is 0 Å². The van der Waals surface area contributed by atoms with Gasteiger partial charge in [-0.2, -0.15) is 0 Å². The summed E-state index contributed by atoms with van der Waals surface area (Å²) < 4.78 is 0. The van der Waals surface area contributed by atoms with Gasteiger partial charge in [0, 0.05) is 0 Å². The van der Waals surface area contributed by atoms with Gasteiger partial charge in [-0.15, -0.1) is 0 Å². The van der Waals surface area contributed by atoms with Crippen LogP contribution in [-0.2, 0) is 0 Å². The van der Waals surface area contributed by atoms with Crippen LogP contribution >= 0.6 is 0 Å². The third-order valence-electron chi connectivity index (χ3n) is 2.25. The fourth-order valence-corrected chi connectivity index (χ4v) is 1.76. The van der Waals surface area contributed by atoms with E-state index in [-0.39, 0.29) is 0 Å². The lowest BCUT2D eigenvalue weighted by Crippen LogP contribution is -2.12. The molecule has 0 radical (unpaired) electrons. The van der Waals surface area contributed by atoms with E-state index in [4.69, 9.17) is 0 Å². The third kappa shape index (κ3) is 9.76. The van der Waals surface area contributed by atoms with Crippen molar-refractivity contribution in [3.8, 4) is 0 Å². The lowest BCUT2D eigenvalue weighted by molar-refractivity contribution is 0.331. The average Bonchev–Trinajstić information content (AvgIpc) is 2.19. The number of allylic oxidation sites excluding steroid dienone is 5. The molecule has 0 heteroatoms. The summed E-state index contributed by atoms with van der Waals surface area (Å²) in [5.41, 5.74) is 1.80. The van der Waals surface area contributed by atoms with E-state index >= 15 is 0 Å². The van der Waals surface area contributed by atoms with Gasteiger partial charge in [0.05, 0.1) is 0 Å². The molecule has 0 aliphatic rings. The third-order valence-corrected chi connectivity index (χ3v) is 2.25. The van der Waals surface area contributed by atoms with E-state index < -0.39 is 0 Å². The zero-order valence-corrected chi connectivity index (χ0v) is 12.3. The Morgan fingerprint density at radius 1 is 1.25 bits per heavy atom. The predicted octanol–water partition coefficient (Wildman–Crippen LogP) is 5.77. The molecule has 0 rings (SSSR count). The molecule has 0 spiro atoms. The minimum Gasteiger partial charge on any atom is -0.0991 e. The maximum atomic E-state index is 3.69. The molecule has 1 atom stereocenters. The molecule has 16 heavy (non-hydrogen) atoms. The van der Waals surface area contributed by atoms with Crippen molar-refractivity contribution < 1.29 is 0 Å². The van der Waals surface area contributed by atoms with Crippen molar-refractivity contribution in [3.05, 3.63) is 36.5 Å². The molecule has 0 aliphatic heterocycles. The zero-order valence-electron chi connectivity index (χ0n) is 12.3. The van der Waals surface area contributed by atoms with Gasteiger partial charge in [-0.25, -0.2) is 0 Å². The highest BCUT2D eigenvalue weighted by Gasteiger charge is 2.16. The molecule has 0 aromatic heterocycles. The Morgan fingerprint density at radius 3 is 2.06 bits per heavy atom. The molecule has 94 valence electrons. The number of rotatable bonds is 4. The lowest BCUT2D eigenvalue weighted by atomic mass is 9.82. The van der Waals surface area contributed by atoms with E-state index in [9.17, 15) is 0 Å². The first-order valence-corrected chi connectivity index (χ1v) is 6.36. The highest BCUT2D eigenvalue weighted by atomic mass is 14.2. The second-order valence-corrected chi connectivity index (χ2v) is 5.05. The monoisotopic (exact) mass is 222 g/mol. The van der Waals surface area contributed by atoms with Crippen LogP contribution in [0.1, 0.15) is 54.9 Å². The van der Waals surface area contributed by atoms with Crippen LogP contribution < -0.4 is 0 Å². The van der Waals surface area contributed by atoms with Gasteiger partial charge in [0.15, 0.2) is 0 Å². The first-order chi connectivity index (χ1) is 7.40. The van der Waals surface area contributed by atoms with Crippen molar-refractivity contribution >= 4 is 0 Å². The molecule has 1 unspecified atom stereocenters. The molecule has 0 saturated heterocycles. The largest absolute Gasteiger partial charge is 0.0991 e. The Labute approximate surface area is 103 Å². The van der Waals surface area contributed by atoms with Crippen LogP contribution in [0.5, 0.6) is 0 Å². The van der Waals surface area contributed by atoms with Crippen molar-refractivity contribution in [2.75, 3.05) is 0 Å². The summed E-state index contributed by atoms with van der Waals surface area (Å²) in [5.74, 6) is 0.621. The van der Waals surface area contributed by atoms with Crippen molar-refractivity contribution in [1.82, 2.24) is 0 Å². The van der Waals surface area contributed by atoms with Crippen LogP contribution in [0.25, 0.3) is 0 Å². The van der Waals surface area contributed by atoms with Gasteiger partial charge < -0.3 is 0 Å². The SMILES string of the molecule is C=C/C=C\C(=C/C)C(C)CC(C)(C)C.CC. The molecular formula is C16H30. The standard InChI is InChI=1S/C14H24.C2H6/c1-7-9-10-13(8-2)12(3)11-14(4,5)6;1-2/h7-10,12H,1,11H2,2-6H3;1-2H3/b10-9-,13-8+;. The van der Waals surface area contributed by atoms with Crippen LogP contribution in [0.3, 0.4) is 0 Å². The Hall–Kier alpha value is -0.780. The van der Waals surface area contributed by atoms with Crippen LogP contribution in [0.15, 0.2) is 36.5 Å². The van der Waals surface area contributed by atoms with Crippen molar-refractivity contribution in [3.63, 3.8) is 0 Å². The van der Waals surface area contributed by atoms with E-state index in [0.717, 1.165) is 0 Å². The molecule has 0 heterocycles. The van der Waals surface area contributed by atoms with Crippen LogP contribution in [-0.4, -0.2) is 0 Å². The fourth-order valence-electron chi connectivity index (χ4n) is 1.76. The van der Waals surface area contributed by atoms with Crippen LogP contribution in [0, 0.1) is 11.3 Å². The maximum absolute atomic E-state index is 3.69. The Balaban J connectivity index is 0. The van der Waals surface area contributed by atoms with Gasteiger partial charge in [0.1, 0.15) is 0 Å². The van der Waals surface area contributed by atoms with Gasteiger partial charge in [-0.3, -0.25) is 0 Å². The van der Waals surface area contributed by atoms with Crippen molar-refractivity contribution in [2.24, 2.45) is 11.3 Å². The molecule has 0 bridgehead atoms. The lowest BCUT2D eigenvalue weighted by Gasteiger charge is -2.24. The second-order valence-electron chi connectivity index (χ2n) is 5.05. The minimum atomic E-state index is 0.399. The topological polar surface area (TPSA) is 0 Å². The Kier molecular flexibility index (Phi) is 10.4. The highest BCUT2D eigenvalue weighted by molar-refractivity contribution is 5.23. The van der Waals surface area contributed by atoms with E-state index in [1.165, 1.54) is 12.0 Å². The highest BCUT2D eigenvalue weighted by Crippen LogP contribution is 2.28. The van der Waals surface area contributed by atoms with Crippen LogP contribution in [0.4, 0.5) is 0 Å². The summed E-state index contributed by atoms with van der Waals surface area (Å²) in [6.07, 6.45) is 9.40. The van der Waals surface area contributed by atoms with Gasteiger partial charge in [-0.1, -0.05) is 72.4 Å². The average molecular weight is 222 g/mol. The number of hydrogen-bond acceptors (Lipinski definition) is 0. The van der Waals surface area contributed by atoms with E-state index in [1.54, 1.807) is 0 Å². The summed E-state index contributed by atoms with van der Waals surface area (Å²) in [5, 5.41) is 0. The van der Waals surface area contributed by atoms with Gasteiger partial charge >= 0.3 is 0 Å². The molecular weight excluding hydrogens is 192 g/mol. The molecule has 0 nitrogen and oxygen atoms in total. The van der Waals surface area contributed by atoms with E-state index in [1.807, 2.05) is 26.0 Å². The Morgan fingerprint density at radius 2 is 1.75 bits per heavy atom. The number of hydrogen-bond donors (Lipinski definition) is 0. The summed E-state index contributed by atoms with van der Waals surface area (Å²) >= 11 is 0. The van der Waals surface area contributed by atoms with Crippen molar-refractivity contribution in [1.29, 1.82) is 0 Å². The normalized spacial score (nSPS) is 14.3. The van der Waals surface area contributed by atoms with E-state index in [0.29, 0.717) is 11.3 Å². The second kappa shape index (κ2) is 9.45. The summed E-state index contributed by atoms with van der Waals surface area (Å²) in [7, 11) is 0. The van der Waals surface area contributed by atoms with Crippen LogP contribution in [0.2, 0.25) is 0 Å². The quantitative estimate of drug-likeness (QED) is 0.529. The summed E-state index contributed by atoms with van der Waals surface area (Å²) in [6.45, 7) is 18.9. The summed E-state index contributed by atoms with van der Waals surface area (Å²) in [4.78, 5) is 0. The first kappa shape index (κ1) is 17.6.